The second kappa shape index (κ2) is 5.16. The molecule has 3 N–H and O–H groups in total. The molecule has 4 nitrogen and oxygen atoms in total. The van der Waals surface area contributed by atoms with Crippen molar-refractivity contribution in [2.75, 3.05) is 13.2 Å². The maximum Gasteiger partial charge on any atom is 0.248 e. The average Bonchev–Trinajstić information content (AvgIpc) is 2.38. The van der Waals surface area contributed by atoms with Crippen LogP contribution in [0, 0.1) is 5.92 Å². The van der Waals surface area contributed by atoms with Crippen LogP contribution in [0.5, 0.6) is 0 Å². The highest BCUT2D eigenvalue weighted by atomic mass is 35.5. The number of primary amides is 1. The molecule has 18 heavy (non-hydrogen) atoms. The fourth-order valence-electron chi connectivity index (χ4n) is 2.71. The first kappa shape index (κ1) is 13.2. The van der Waals surface area contributed by atoms with Gasteiger partial charge in [0, 0.05) is 23.6 Å². The average molecular weight is 269 g/mol. The molecule has 2 unspecified atom stereocenters. The zero-order chi connectivity index (χ0) is 11.8. The number of nitrogens with one attached hydrogen (secondary N) is 1. The zero-order valence-electron chi connectivity index (χ0n) is 10.0. The molecule has 2 heterocycles. The van der Waals surface area contributed by atoms with Crippen LogP contribution in [0.15, 0.2) is 35.1 Å². The maximum absolute atomic E-state index is 11.2. The van der Waals surface area contributed by atoms with E-state index in [1.165, 1.54) is 0 Å². The Labute approximate surface area is 112 Å². The number of hydrogen-bond acceptors (Lipinski definition) is 3. The molecule has 1 fully saturated rings. The van der Waals surface area contributed by atoms with Crippen LogP contribution in [0.4, 0.5) is 0 Å². The van der Waals surface area contributed by atoms with Crippen molar-refractivity contribution in [3.63, 3.8) is 0 Å². The fraction of sp³-hybridized carbons (Fsp3) is 0.462. The van der Waals surface area contributed by atoms with Crippen LogP contribution >= 0.6 is 12.4 Å². The molecule has 3 rings (SSSR count). The van der Waals surface area contributed by atoms with Crippen LogP contribution in [0.25, 0.3) is 0 Å². The van der Waals surface area contributed by atoms with Crippen molar-refractivity contribution in [2.45, 2.75) is 18.9 Å². The molecule has 0 bridgehead atoms. The molecule has 98 valence electrons. The molecule has 0 aromatic carbocycles. The summed E-state index contributed by atoms with van der Waals surface area (Å²) in [5.74, 6) is 1.13. The van der Waals surface area contributed by atoms with Gasteiger partial charge in [0.25, 0.3) is 0 Å². The van der Waals surface area contributed by atoms with E-state index in [9.17, 15) is 4.79 Å². The number of nitrogens with two attached hydrogens (primary N) is 1. The highest BCUT2D eigenvalue weighted by molar-refractivity contribution is 5.96. The van der Waals surface area contributed by atoms with E-state index >= 15 is 0 Å². The highest BCUT2D eigenvalue weighted by Crippen LogP contribution is 2.34. The van der Waals surface area contributed by atoms with E-state index in [2.05, 4.69) is 5.32 Å². The standard InChI is InChI=1S/C13H16N2O2.ClH/c14-13(16)8-3-4-11-10(6-8)12-9(7-15-11)2-1-5-17-12;/h3-4,6,9,11,15H,1-2,5,7H2,(H2,14,16);1H. The van der Waals surface area contributed by atoms with Crippen LogP contribution in [0.2, 0.25) is 0 Å². The second-order valence-electron chi connectivity index (χ2n) is 4.72. The SMILES string of the molecule is Cl.NC(=O)C1=CC2=C3OCCCC3CNC2C=C1. The van der Waals surface area contributed by atoms with Gasteiger partial charge in [-0.05, 0) is 18.9 Å². The minimum Gasteiger partial charge on any atom is -0.497 e. The largest absolute Gasteiger partial charge is 0.497 e. The normalized spacial score (nSPS) is 29.4. The van der Waals surface area contributed by atoms with Gasteiger partial charge in [-0.15, -0.1) is 12.4 Å². The van der Waals surface area contributed by atoms with Crippen molar-refractivity contribution in [1.29, 1.82) is 0 Å². The van der Waals surface area contributed by atoms with Crippen LogP contribution in [-0.2, 0) is 9.53 Å². The number of amides is 1. The van der Waals surface area contributed by atoms with Gasteiger partial charge in [-0.3, -0.25) is 4.79 Å². The van der Waals surface area contributed by atoms with Crippen molar-refractivity contribution in [1.82, 2.24) is 5.32 Å². The minimum atomic E-state index is -0.384. The van der Waals surface area contributed by atoms with Gasteiger partial charge in [0.2, 0.25) is 5.91 Å². The minimum absolute atomic E-state index is 0. The van der Waals surface area contributed by atoms with Crippen LogP contribution in [0.1, 0.15) is 12.8 Å². The van der Waals surface area contributed by atoms with E-state index in [1.807, 2.05) is 12.2 Å². The molecule has 0 saturated carbocycles. The number of fused-ring (bicyclic) bond motifs is 2. The number of carbonyl (C=O) groups is 1. The van der Waals surface area contributed by atoms with Crippen molar-refractivity contribution < 1.29 is 9.53 Å². The monoisotopic (exact) mass is 268 g/mol. The molecular formula is C13H17ClN2O2. The third kappa shape index (κ3) is 2.18. The molecule has 1 amide bonds. The highest BCUT2D eigenvalue weighted by Gasteiger charge is 2.32. The van der Waals surface area contributed by atoms with Gasteiger partial charge < -0.3 is 15.8 Å². The third-order valence-corrected chi connectivity index (χ3v) is 3.59. The van der Waals surface area contributed by atoms with Gasteiger partial charge in [0.1, 0.15) is 5.76 Å². The van der Waals surface area contributed by atoms with Gasteiger partial charge in [-0.25, -0.2) is 0 Å². The Hall–Kier alpha value is -1.26. The molecule has 0 aromatic rings. The Balaban J connectivity index is 0.00000120. The van der Waals surface area contributed by atoms with Gasteiger partial charge >= 0.3 is 0 Å². The number of ether oxygens (including phenoxy) is 1. The van der Waals surface area contributed by atoms with Gasteiger partial charge in [0.15, 0.2) is 0 Å². The lowest BCUT2D eigenvalue weighted by Crippen LogP contribution is -2.42. The summed E-state index contributed by atoms with van der Waals surface area (Å²) < 4.78 is 5.79. The van der Waals surface area contributed by atoms with E-state index in [1.54, 1.807) is 6.08 Å². The first-order valence-corrected chi connectivity index (χ1v) is 6.05. The van der Waals surface area contributed by atoms with Gasteiger partial charge in [-0.2, -0.15) is 0 Å². The molecule has 1 aliphatic carbocycles. The fourth-order valence-corrected chi connectivity index (χ4v) is 2.71. The Morgan fingerprint density at radius 3 is 3.11 bits per heavy atom. The molecule has 3 aliphatic rings. The van der Waals surface area contributed by atoms with Crippen LogP contribution < -0.4 is 11.1 Å². The summed E-state index contributed by atoms with van der Waals surface area (Å²) in [6.07, 6.45) is 7.90. The summed E-state index contributed by atoms with van der Waals surface area (Å²) in [6, 6.07) is 0.169. The van der Waals surface area contributed by atoms with Crippen LogP contribution in [-0.4, -0.2) is 25.1 Å². The van der Waals surface area contributed by atoms with E-state index in [-0.39, 0.29) is 24.4 Å². The summed E-state index contributed by atoms with van der Waals surface area (Å²) in [5.41, 5.74) is 6.95. The van der Waals surface area contributed by atoms with Crippen molar-refractivity contribution in [3.8, 4) is 0 Å². The number of halogens is 1. The summed E-state index contributed by atoms with van der Waals surface area (Å²) in [6.45, 7) is 1.74. The number of rotatable bonds is 1. The first-order valence-electron chi connectivity index (χ1n) is 6.05. The molecule has 1 saturated heterocycles. The Bertz CT molecular complexity index is 454. The molecule has 2 aliphatic heterocycles. The molecule has 0 spiro atoms. The number of carbonyl (C=O) groups excluding carboxylic acids is 1. The lowest BCUT2D eigenvalue weighted by Gasteiger charge is -2.36. The zero-order valence-corrected chi connectivity index (χ0v) is 10.8. The maximum atomic E-state index is 11.2. The molecule has 0 aromatic heterocycles. The Morgan fingerprint density at radius 1 is 1.50 bits per heavy atom. The second-order valence-corrected chi connectivity index (χ2v) is 4.72. The Morgan fingerprint density at radius 2 is 2.33 bits per heavy atom. The summed E-state index contributed by atoms with van der Waals surface area (Å²) >= 11 is 0. The van der Waals surface area contributed by atoms with Gasteiger partial charge in [0.05, 0.1) is 12.6 Å². The predicted molar refractivity (Wildman–Crippen MR) is 71.2 cm³/mol. The lowest BCUT2D eigenvalue weighted by molar-refractivity contribution is -0.114. The van der Waals surface area contributed by atoms with Crippen LogP contribution in [0.3, 0.4) is 0 Å². The predicted octanol–water partition coefficient (Wildman–Crippen LogP) is 1.04. The molecule has 5 heteroatoms. The van der Waals surface area contributed by atoms with Gasteiger partial charge in [-0.1, -0.05) is 12.2 Å². The number of hydrogen-bond donors (Lipinski definition) is 2. The molecular weight excluding hydrogens is 252 g/mol. The lowest BCUT2D eigenvalue weighted by atomic mass is 9.85. The summed E-state index contributed by atoms with van der Waals surface area (Å²) in [5, 5.41) is 3.46. The van der Waals surface area contributed by atoms with Crippen molar-refractivity contribution in [2.24, 2.45) is 11.7 Å². The topological polar surface area (TPSA) is 64.4 Å². The quantitative estimate of drug-likeness (QED) is 0.747. The van der Waals surface area contributed by atoms with E-state index in [0.29, 0.717) is 11.5 Å². The molecule has 2 atom stereocenters. The smallest absolute Gasteiger partial charge is 0.248 e. The first-order chi connectivity index (χ1) is 8.25. The third-order valence-electron chi connectivity index (χ3n) is 3.59. The van der Waals surface area contributed by atoms with E-state index < -0.39 is 0 Å². The van der Waals surface area contributed by atoms with Crippen molar-refractivity contribution >= 4 is 18.3 Å². The van der Waals surface area contributed by atoms with E-state index in [4.69, 9.17) is 10.5 Å². The summed E-state index contributed by atoms with van der Waals surface area (Å²) in [7, 11) is 0. The Kier molecular flexibility index (Phi) is 3.78. The summed E-state index contributed by atoms with van der Waals surface area (Å²) in [4.78, 5) is 11.2. The molecule has 0 radical (unpaired) electrons. The van der Waals surface area contributed by atoms with E-state index in [0.717, 1.165) is 37.3 Å². The van der Waals surface area contributed by atoms with Crippen molar-refractivity contribution in [3.05, 3.63) is 35.1 Å².